The number of hydrogen-bond donors (Lipinski definition) is 0. The molecule has 10 heavy (non-hydrogen) atoms. The van der Waals surface area contributed by atoms with Crippen molar-refractivity contribution in [1.29, 1.82) is 0 Å². The van der Waals surface area contributed by atoms with Gasteiger partial charge in [-0.3, -0.25) is 0 Å². The molecule has 0 saturated carbocycles. The Balaban J connectivity index is 3.03. The standard InChI is InChI=1S/C7H18NOSi/c1-4-7(10)9-6-5-8(2)3/h7H,1,4-6H2,2-3,10H3. The summed E-state index contributed by atoms with van der Waals surface area (Å²) in [7, 11) is 5.20. The molecule has 0 heterocycles. The van der Waals surface area contributed by atoms with Crippen LogP contribution in [0.3, 0.4) is 0 Å². The molecule has 0 aromatic rings. The van der Waals surface area contributed by atoms with E-state index in [9.17, 15) is 0 Å². The molecule has 0 bridgehead atoms. The normalized spacial score (nSPS) is 14.4. The predicted octanol–water partition coefficient (Wildman–Crippen LogP) is -0.520. The van der Waals surface area contributed by atoms with Gasteiger partial charge in [-0.1, -0.05) is 6.92 Å². The molecule has 2 nitrogen and oxygen atoms in total. The van der Waals surface area contributed by atoms with Gasteiger partial charge in [0, 0.05) is 22.5 Å². The van der Waals surface area contributed by atoms with Gasteiger partial charge in [0.25, 0.3) is 0 Å². The van der Waals surface area contributed by atoms with Crippen LogP contribution in [0.1, 0.15) is 6.42 Å². The van der Waals surface area contributed by atoms with Crippen LogP contribution in [-0.4, -0.2) is 48.1 Å². The Morgan fingerprint density at radius 3 is 2.60 bits per heavy atom. The molecule has 0 amide bonds. The van der Waals surface area contributed by atoms with E-state index in [0.717, 1.165) is 29.8 Å². The Hall–Kier alpha value is 0.137. The minimum absolute atomic E-state index is 0.444. The summed E-state index contributed by atoms with van der Waals surface area (Å²) in [5, 5.41) is 0. The quantitative estimate of drug-likeness (QED) is 0.502. The van der Waals surface area contributed by atoms with Crippen LogP contribution >= 0.6 is 0 Å². The third-order valence-electron chi connectivity index (χ3n) is 1.35. The highest BCUT2D eigenvalue weighted by atomic mass is 28.1. The predicted molar refractivity (Wildman–Crippen MR) is 48.2 cm³/mol. The van der Waals surface area contributed by atoms with Gasteiger partial charge in [-0.2, -0.15) is 0 Å². The van der Waals surface area contributed by atoms with E-state index in [0.29, 0.717) is 5.73 Å². The molecule has 0 aliphatic rings. The molecule has 0 saturated heterocycles. The van der Waals surface area contributed by atoms with Crippen molar-refractivity contribution < 1.29 is 4.74 Å². The molecule has 0 N–H and O–H groups in total. The average Bonchev–Trinajstić information content (AvgIpc) is 1.87. The van der Waals surface area contributed by atoms with Gasteiger partial charge >= 0.3 is 0 Å². The summed E-state index contributed by atoms with van der Waals surface area (Å²) in [6, 6.07) is 0. The van der Waals surface area contributed by atoms with Gasteiger partial charge in [0.15, 0.2) is 0 Å². The van der Waals surface area contributed by atoms with Gasteiger partial charge in [-0.05, 0) is 20.5 Å². The Labute approximate surface area is 67.0 Å². The lowest BCUT2D eigenvalue weighted by atomic mass is 10.5. The van der Waals surface area contributed by atoms with Crippen LogP contribution in [0.4, 0.5) is 0 Å². The molecule has 0 aromatic carbocycles. The molecule has 0 aromatic heterocycles. The van der Waals surface area contributed by atoms with Crippen molar-refractivity contribution in [2.45, 2.75) is 12.1 Å². The lowest BCUT2D eigenvalue weighted by Gasteiger charge is -2.13. The van der Waals surface area contributed by atoms with Crippen molar-refractivity contribution in [2.75, 3.05) is 27.2 Å². The van der Waals surface area contributed by atoms with Crippen LogP contribution in [-0.2, 0) is 4.74 Å². The summed E-state index contributed by atoms with van der Waals surface area (Å²) in [6.45, 7) is 5.64. The van der Waals surface area contributed by atoms with Gasteiger partial charge in [0.1, 0.15) is 0 Å². The van der Waals surface area contributed by atoms with Gasteiger partial charge in [0.2, 0.25) is 0 Å². The van der Waals surface area contributed by atoms with Crippen molar-refractivity contribution in [1.82, 2.24) is 4.90 Å². The topological polar surface area (TPSA) is 12.5 Å². The summed E-state index contributed by atoms with van der Waals surface area (Å²) in [6.07, 6.45) is 0.916. The summed E-state index contributed by atoms with van der Waals surface area (Å²) in [4.78, 5) is 2.12. The van der Waals surface area contributed by atoms with Crippen molar-refractivity contribution in [2.24, 2.45) is 0 Å². The molecule has 0 aliphatic carbocycles. The van der Waals surface area contributed by atoms with Crippen LogP contribution in [0.25, 0.3) is 0 Å². The number of hydrogen-bond acceptors (Lipinski definition) is 2. The molecule has 0 fully saturated rings. The van der Waals surface area contributed by atoms with Crippen molar-refractivity contribution in [3.05, 3.63) is 6.92 Å². The van der Waals surface area contributed by atoms with E-state index in [1.165, 1.54) is 0 Å². The number of nitrogens with zero attached hydrogens (tertiary/aromatic N) is 1. The van der Waals surface area contributed by atoms with Crippen LogP contribution in [0.5, 0.6) is 0 Å². The van der Waals surface area contributed by atoms with E-state index in [4.69, 9.17) is 4.74 Å². The zero-order valence-electron chi connectivity index (χ0n) is 7.26. The minimum atomic E-state index is 0.444. The first-order chi connectivity index (χ1) is 4.66. The molecule has 0 rings (SSSR count). The van der Waals surface area contributed by atoms with E-state index in [2.05, 4.69) is 25.9 Å². The number of likely N-dealkylation sites (N-methyl/N-ethyl adjacent to an activating group) is 1. The first-order valence-electron chi connectivity index (χ1n) is 3.72. The molecule has 61 valence electrons. The highest BCUT2D eigenvalue weighted by Gasteiger charge is 1.97. The summed E-state index contributed by atoms with van der Waals surface area (Å²) < 4.78 is 5.46. The van der Waals surface area contributed by atoms with Crippen molar-refractivity contribution >= 4 is 10.2 Å². The van der Waals surface area contributed by atoms with Gasteiger partial charge in [-0.15, -0.1) is 0 Å². The van der Waals surface area contributed by atoms with Gasteiger partial charge in [0.05, 0.1) is 6.61 Å². The third-order valence-corrected chi connectivity index (χ3v) is 2.26. The fraction of sp³-hybridized carbons (Fsp3) is 0.857. The van der Waals surface area contributed by atoms with Crippen LogP contribution in [0.15, 0.2) is 0 Å². The zero-order chi connectivity index (χ0) is 7.98. The second-order valence-corrected chi connectivity index (χ2v) is 4.06. The number of ether oxygens (including phenoxy) is 1. The molecular weight excluding hydrogens is 142 g/mol. The monoisotopic (exact) mass is 160 g/mol. The lowest BCUT2D eigenvalue weighted by molar-refractivity contribution is 0.0946. The van der Waals surface area contributed by atoms with Crippen LogP contribution < -0.4 is 0 Å². The SMILES string of the molecule is [CH2]CC([SiH3])OCCN(C)C. The molecule has 1 radical (unpaired) electrons. The van der Waals surface area contributed by atoms with Crippen LogP contribution in [0, 0.1) is 6.92 Å². The number of rotatable bonds is 5. The van der Waals surface area contributed by atoms with E-state index < -0.39 is 0 Å². The smallest absolute Gasteiger partial charge is 0.0592 e. The lowest BCUT2D eigenvalue weighted by Crippen LogP contribution is -2.22. The maximum absolute atomic E-state index is 5.46. The van der Waals surface area contributed by atoms with E-state index >= 15 is 0 Å². The average molecular weight is 160 g/mol. The first-order valence-corrected chi connectivity index (χ1v) is 4.88. The highest BCUT2D eigenvalue weighted by molar-refractivity contribution is 6.11. The Bertz CT molecular complexity index is 78.0. The Morgan fingerprint density at radius 2 is 2.20 bits per heavy atom. The molecule has 3 heteroatoms. The Morgan fingerprint density at radius 1 is 1.60 bits per heavy atom. The molecule has 1 unspecified atom stereocenters. The van der Waals surface area contributed by atoms with E-state index in [-0.39, 0.29) is 0 Å². The van der Waals surface area contributed by atoms with Crippen LogP contribution in [0.2, 0.25) is 0 Å². The minimum Gasteiger partial charge on any atom is -0.381 e. The molecular formula is C7H18NOSi. The van der Waals surface area contributed by atoms with E-state index in [1.807, 2.05) is 0 Å². The highest BCUT2D eigenvalue weighted by Crippen LogP contribution is 1.90. The van der Waals surface area contributed by atoms with Crippen molar-refractivity contribution in [3.8, 4) is 0 Å². The summed E-state index contributed by atoms with van der Waals surface area (Å²) in [5.41, 5.74) is 0.444. The maximum Gasteiger partial charge on any atom is 0.0592 e. The van der Waals surface area contributed by atoms with Gasteiger partial charge in [-0.25, -0.2) is 0 Å². The zero-order valence-corrected chi connectivity index (χ0v) is 9.26. The largest absolute Gasteiger partial charge is 0.381 e. The van der Waals surface area contributed by atoms with E-state index in [1.54, 1.807) is 0 Å². The Kier molecular flexibility index (Phi) is 5.97. The van der Waals surface area contributed by atoms with Gasteiger partial charge < -0.3 is 9.64 Å². The first kappa shape index (κ1) is 10.1. The molecule has 0 spiro atoms. The second-order valence-electron chi connectivity index (χ2n) is 2.77. The fourth-order valence-corrected chi connectivity index (χ4v) is 0.755. The fourth-order valence-electron chi connectivity index (χ4n) is 0.520. The summed E-state index contributed by atoms with van der Waals surface area (Å²) in [5.74, 6) is 0. The third kappa shape index (κ3) is 6.26. The molecule has 0 aliphatic heterocycles. The second kappa shape index (κ2) is 5.89. The molecule has 1 atom stereocenters. The maximum atomic E-state index is 5.46. The summed E-state index contributed by atoms with van der Waals surface area (Å²) >= 11 is 0. The van der Waals surface area contributed by atoms with Crippen molar-refractivity contribution in [3.63, 3.8) is 0 Å².